The number of aromatic hydroxyl groups is 1. The molecular weight excluding hydrogens is 1500 g/mol. The summed E-state index contributed by atoms with van der Waals surface area (Å²) in [6.45, 7) is 0.307. The quantitative estimate of drug-likeness (QED) is 0.00924. The number of carboxylic acid groups (broad SMARTS) is 4. The lowest BCUT2D eigenvalue weighted by molar-refractivity contribution is -0.150. The number of hydrogen-bond donors (Lipinski definition) is 22. The van der Waals surface area contributed by atoms with Gasteiger partial charge in [-0.1, -0.05) is 68.8 Å². The van der Waals surface area contributed by atoms with Crippen LogP contribution in [0, 0.1) is 5.92 Å². The first kappa shape index (κ1) is 86.2. The normalized spacial score (nSPS) is 24.6. The van der Waals surface area contributed by atoms with Crippen LogP contribution in [0.4, 0.5) is 0 Å². The molecule has 0 bridgehead atoms. The third kappa shape index (κ3) is 25.0. The first-order valence-electron chi connectivity index (χ1n) is 33.6. The highest BCUT2D eigenvalue weighted by Gasteiger charge is 2.44. The van der Waals surface area contributed by atoms with E-state index in [4.69, 9.17) is 19.9 Å². The third-order valence-corrected chi connectivity index (χ3v) is 17.3. The number of para-hydroxylation sites is 2. The number of nitrogens with zero attached hydrogens (tertiary/aromatic N) is 11. The lowest BCUT2D eigenvalue weighted by atomic mass is 9.97. The van der Waals surface area contributed by atoms with E-state index in [1.54, 1.807) is 48.5 Å². The van der Waals surface area contributed by atoms with Crippen molar-refractivity contribution in [2.75, 3.05) is 19.8 Å². The summed E-state index contributed by atoms with van der Waals surface area (Å²) in [5, 5.41) is 192. The molecule has 0 radical (unpaired) electrons. The molecule has 2 aromatic heterocycles. The van der Waals surface area contributed by atoms with Crippen LogP contribution in [0.25, 0.3) is 21.8 Å². The van der Waals surface area contributed by atoms with Crippen molar-refractivity contribution < 1.29 is 144 Å². The monoisotopic (exact) mass is 1580 g/mol. The van der Waals surface area contributed by atoms with Gasteiger partial charge in [0.25, 0.3) is 0 Å². The molecule has 0 amide bonds. The number of phenols is 1. The fourth-order valence-corrected chi connectivity index (χ4v) is 11.8. The van der Waals surface area contributed by atoms with Gasteiger partial charge in [-0.25, -0.2) is 70.2 Å². The summed E-state index contributed by atoms with van der Waals surface area (Å²) < 4.78 is 28.8. The number of ether oxygens (including phenoxy) is 2. The van der Waals surface area contributed by atoms with Crippen molar-refractivity contribution in [3.8, 4) is 5.75 Å². The number of aliphatic carboxylic acids is 4. The van der Waals surface area contributed by atoms with Crippen molar-refractivity contribution in [1.82, 2.24) is 9.97 Å². The molecule has 23 N–H and O–H groups in total. The summed E-state index contributed by atoms with van der Waals surface area (Å²) >= 11 is 0. The average Bonchev–Trinajstić information content (AvgIpc) is 1.78. The van der Waals surface area contributed by atoms with Gasteiger partial charge in [0.2, 0.25) is 64.9 Å². The van der Waals surface area contributed by atoms with Gasteiger partial charge in [-0.2, -0.15) is 0 Å². The molecule has 1 fully saturated rings. The standard InChI is InChI=1S/C67H83N14O29P/c1-4-9-45-56(109-45)66(102)77-44(27-82)61(97)80-53-30(3)108-67(103)43(20-33-25-70-38-13-8-6-11-36(33)38)76-62(98)52(29(2)18-48(85)86)79-65(101)55(46(28-107-68)110-111(104,105)106)78-47(84)26-71-57(93)40(21-49(87)88)75-64(100)54(31-14-16-34(83)17-15-31)81-60(96)42(23-51(91)92)73-59(95)41(22-50(89)90)72-58(94)39(74-63(53)99)19-32-24-69-37-12-7-5-10-35(32)37/h5-8,10-17,24-25,29-30,39-46,52-56,69-70,82-83H,4,9,18-23,26-28,68H2,1-3H3,(H,71,93)(H,72,94)(H,73,95)(H,74,99)(H,75,100)(H,76,98)(H,77,102)(H,78,84)(H,79,101)(H,80,97)(H,81,96)(H,85,86)(H,87,88)(H,89,90)(H,91,92)(H2,104,105,106)/t29?,30-,39-,40+,41+,42+,43?,44+,45?,46-,52+,53+,54-,55-,56?/m1/s1. The number of benzene rings is 3. The van der Waals surface area contributed by atoms with Gasteiger partial charge < -0.3 is 121 Å². The van der Waals surface area contributed by atoms with E-state index in [-0.39, 0.29) is 16.7 Å². The fourth-order valence-electron chi connectivity index (χ4n) is 11.3. The Hall–Kier alpha value is -12.0. The van der Waals surface area contributed by atoms with E-state index in [9.17, 15) is 120 Å². The topological polar surface area (TPSA) is 721 Å². The maximum absolute atomic E-state index is 15.2. The van der Waals surface area contributed by atoms with Gasteiger partial charge in [0.15, 0.2) is 36.3 Å². The van der Waals surface area contributed by atoms with Crippen LogP contribution in [0.3, 0.4) is 0 Å². The van der Waals surface area contributed by atoms with Gasteiger partial charge in [-0.3, -0.25) is 23.7 Å². The highest BCUT2D eigenvalue weighted by atomic mass is 31.2. The van der Waals surface area contributed by atoms with Crippen molar-refractivity contribution in [3.63, 3.8) is 0 Å². The summed E-state index contributed by atoms with van der Waals surface area (Å²) in [6, 6.07) is -5.18. The number of esters is 1. The molecule has 43 nitrogen and oxygen atoms in total. The second kappa shape index (κ2) is 39.4. The minimum atomic E-state index is -5.79. The number of carboxylic acids is 4. The van der Waals surface area contributed by atoms with Gasteiger partial charge >= 0.3 is 37.7 Å². The lowest BCUT2D eigenvalue weighted by Crippen LogP contribution is -2.42. The molecule has 4 heterocycles. The molecule has 0 aliphatic carbocycles. The molecule has 4 unspecified atom stereocenters. The number of nitrogens with two attached hydrogens (primary N) is 1. The van der Waals surface area contributed by atoms with Gasteiger partial charge in [-0.15, -0.1) is 0 Å². The zero-order valence-electron chi connectivity index (χ0n) is 59.0. The van der Waals surface area contributed by atoms with E-state index in [1.807, 2.05) is 6.92 Å². The number of aliphatic hydroxyl groups is 12. The Morgan fingerprint density at radius 1 is 0.631 bits per heavy atom. The second-order valence-corrected chi connectivity index (χ2v) is 26.4. The van der Waals surface area contributed by atoms with Crippen molar-refractivity contribution in [2.45, 2.75) is 157 Å². The number of aliphatic imine (C=N–C) groups is 11. The minimum Gasteiger partial charge on any atom is -0.508 e. The summed E-state index contributed by atoms with van der Waals surface area (Å²) in [5.74, 6) is -19.7. The largest absolute Gasteiger partial charge is 0.508 e. The molecule has 5 aromatic rings. The minimum absolute atomic E-state index is 0.246. The molecule has 2 aliphatic rings. The molecule has 15 atom stereocenters. The highest BCUT2D eigenvalue weighted by molar-refractivity contribution is 7.46. The molecule has 0 spiro atoms. The van der Waals surface area contributed by atoms with Crippen LogP contribution < -0.4 is 5.90 Å². The molecule has 3 aromatic carbocycles. The van der Waals surface area contributed by atoms with Gasteiger partial charge in [-0.05, 0) is 60.2 Å². The number of aromatic amines is 2. The predicted molar refractivity (Wildman–Crippen MR) is 396 cm³/mol. The van der Waals surface area contributed by atoms with Gasteiger partial charge in [0.05, 0.1) is 45.0 Å². The van der Waals surface area contributed by atoms with Crippen LogP contribution >= 0.6 is 7.82 Å². The number of H-pyrrole nitrogens is 2. The number of rotatable bonds is 26. The van der Waals surface area contributed by atoms with Crippen LogP contribution in [0.5, 0.6) is 5.75 Å². The Bertz CT molecular complexity index is 4550. The number of cyclic esters (lactones) is 1. The lowest BCUT2D eigenvalue weighted by Gasteiger charge is -2.25. The number of aliphatic hydroxyl groups excluding tert-OH is 12. The highest BCUT2D eigenvalue weighted by Crippen LogP contribution is 2.39. The zero-order valence-corrected chi connectivity index (χ0v) is 59.9. The van der Waals surface area contributed by atoms with Crippen molar-refractivity contribution >= 4 is 124 Å². The molecule has 7 rings (SSSR count). The summed E-state index contributed by atoms with van der Waals surface area (Å²) in [4.78, 5) is 140. The molecule has 111 heavy (non-hydrogen) atoms. The van der Waals surface area contributed by atoms with E-state index < -0.39 is 257 Å². The van der Waals surface area contributed by atoms with Crippen molar-refractivity contribution in [1.29, 1.82) is 0 Å². The number of carbonyl (C=O) groups is 5. The van der Waals surface area contributed by atoms with E-state index in [0.29, 0.717) is 34.6 Å². The van der Waals surface area contributed by atoms with Crippen LogP contribution in [-0.4, -0.2) is 300 Å². The maximum atomic E-state index is 15.2. The van der Waals surface area contributed by atoms with Gasteiger partial charge in [0, 0.05) is 47.0 Å². The third-order valence-electron chi connectivity index (χ3n) is 16.7. The predicted octanol–water partition coefficient (Wildman–Crippen LogP) is 4.13. The SMILES string of the molecule is CCCC1OC1C(O)=N[C@@H](CO)C(O)=N[C@@H]1C(O)=N[C@H](Cc2c[nH]c3ccccc23)C(O)=N[C@@H](CC(=O)O)C(O)=N[C@@H](CC(=O)O)C(O)=N[C@H](c2ccc(O)cc2)C(O)=N[C@@H](CC(=O)O)C(O)=NCC(O)=N[C@H]([C@@H](CON)OP(=O)(O)O)C(O)=N[C@@H](C(C)CC(=O)O)C(O)=NC(Cc2c[nH]c3ccccc23)C(=O)O[C@@H]1C. The van der Waals surface area contributed by atoms with Crippen molar-refractivity contribution in [3.05, 3.63) is 102 Å². The smallest absolute Gasteiger partial charge is 0.470 e. The van der Waals surface area contributed by atoms with Gasteiger partial charge in [0.1, 0.15) is 54.7 Å². The molecule has 1 saturated heterocycles. The number of phosphoric ester groups is 1. The fraction of sp³-hybridized carbons (Fsp3) is 0.433. The Morgan fingerprint density at radius 2 is 1.14 bits per heavy atom. The Balaban J connectivity index is 1.56. The Morgan fingerprint density at radius 3 is 1.67 bits per heavy atom. The number of hydrogen-bond acceptors (Lipinski definition) is 24. The van der Waals surface area contributed by atoms with E-state index in [0.717, 1.165) is 38.1 Å². The number of carbonyl (C=O) groups excluding carboxylic acids is 1. The van der Waals surface area contributed by atoms with Crippen molar-refractivity contribution in [2.24, 2.45) is 66.7 Å². The van der Waals surface area contributed by atoms with Crippen LogP contribution in [0.15, 0.2) is 140 Å². The number of epoxide rings is 1. The van der Waals surface area contributed by atoms with Crippen LogP contribution in [0.1, 0.15) is 82.0 Å². The average molecular weight is 1580 g/mol. The first-order chi connectivity index (χ1) is 52.5. The maximum Gasteiger partial charge on any atom is 0.470 e. The molecule has 600 valence electrons. The molecule has 44 heteroatoms. The summed E-state index contributed by atoms with van der Waals surface area (Å²) in [7, 11) is -5.79. The zero-order chi connectivity index (χ0) is 81.7. The molecule has 0 saturated carbocycles. The molecular formula is C67H83N14O29P. The van der Waals surface area contributed by atoms with Crippen LogP contribution in [0.2, 0.25) is 0 Å². The number of phosphoric acid groups is 1. The Labute approximate surface area is 627 Å². The summed E-state index contributed by atoms with van der Waals surface area (Å²) in [6.07, 6.45) is -8.23. The van der Waals surface area contributed by atoms with E-state index in [1.165, 1.54) is 12.4 Å². The van der Waals surface area contributed by atoms with E-state index >= 15 is 4.79 Å². The Kier molecular flexibility index (Phi) is 30.6. The molecule has 2 aliphatic heterocycles. The number of phenolic OH excluding ortho intramolecular Hbond substituents is 1. The second-order valence-electron chi connectivity index (χ2n) is 25.2. The number of nitrogens with one attached hydrogen (secondary N) is 2. The van der Waals surface area contributed by atoms with E-state index in [2.05, 4.69) is 69.7 Å². The van der Waals surface area contributed by atoms with Crippen LogP contribution in [-0.2, 0) is 60.2 Å². The number of fused-ring (bicyclic) bond motifs is 2. The number of aromatic nitrogens is 2. The first-order valence-corrected chi connectivity index (χ1v) is 35.2. The summed E-state index contributed by atoms with van der Waals surface area (Å²) in [5.41, 5.74) is 1.17.